The van der Waals surface area contributed by atoms with Crippen LogP contribution in [0, 0.1) is 5.82 Å². The highest BCUT2D eigenvalue weighted by molar-refractivity contribution is 9.10. The quantitative estimate of drug-likeness (QED) is 0.874. The summed E-state index contributed by atoms with van der Waals surface area (Å²) in [5.41, 5.74) is 6.86. The van der Waals surface area contributed by atoms with E-state index in [1.807, 2.05) is 7.05 Å². The van der Waals surface area contributed by atoms with Crippen molar-refractivity contribution in [1.82, 2.24) is 4.90 Å². The first kappa shape index (κ1) is 15.0. The highest BCUT2D eigenvalue weighted by Gasteiger charge is 2.17. The summed E-state index contributed by atoms with van der Waals surface area (Å²) < 4.78 is 13.8. The van der Waals surface area contributed by atoms with Crippen LogP contribution >= 0.6 is 27.7 Å². The van der Waals surface area contributed by atoms with Crippen molar-refractivity contribution in [2.24, 2.45) is 5.73 Å². The Hall–Kier alpha value is -0.100. The van der Waals surface area contributed by atoms with Crippen molar-refractivity contribution >= 4 is 27.7 Å². The number of rotatable bonds is 6. The van der Waals surface area contributed by atoms with E-state index in [0.29, 0.717) is 6.54 Å². The molecule has 0 heterocycles. The minimum Gasteiger partial charge on any atom is -0.329 e. The summed E-state index contributed by atoms with van der Waals surface area (Å²) >= 11 is 5.20. The van der Waals surface area contributed by atoms with Gasteiger partial charge in [0.25, 0.3) is 0 Å². The second-order valence-electron chi connectivity index (χ2n) is 3.89. The zero-order valence-electron chi connectivity index (χ0n) is 10.1. The first-order chi connectivity index (χ1) is 8.10. The fourth-order valence-corrected chi connectivity index (χ4v) is 2.79. The van der Waals surface area contributed by atoms with E-state index in [0.717, 1.165) is 22.3 Å². The van der Waals surface area contributed by atoms with Gasteiger partial charge in [-0.15, -0.1) is 0 Å². The van der Waals surface area contributed by atoms with Crippen molar-refractivity contribution in [1.29, 1.82) is 0 Å². The van der Waals surface area contributed by atoms with Gasteiger partial charge in [-0.05, 0) is 31.0 Å². The molecule has 0 saturated carbocycles. The minimum atomic E-state index is -0.233. The van der Waals surface area contributed by atoms with E-state index in [4.69, 9.17) is 5.73 Å². The topological polar surface area (TPSA) is 29.3 Å². The Labute approximate surface area is 115 Å². The van der Waals surface area contributed by atoms with Crippen molar-refractivity contribution in [2.45, 2.75) is 6.04 Å². The van der Waals surface area contributed by atoms with Gasteiger partial charge in [0.1, 0.15) is 5.82 Å². The molecule has 1 unspecified atom stereocenters. The van der Waals surface area contributed by atoms with Crippen LogP contribution in [0.15, 0.2) is 22.7 Å². The zero-order valence-corrected chi connectivity index (χ0v) is 12.5. The highest BCUT2D eigenvalue weighted by atomic mass is 79.9. The monoisotopic (exact) mass is 320 g/mol. The van der Waals surface area contributed by atoms with Gasteiger partial charge in [0, 0.05) is 29.4 Å². The molecular formula is C12H18BrFN2S. The van der Waals surface area contributed by atoms with Gasteiger partial charge in [0.05, 0.1) is 0 Å². The van der Waals surface area contributed by atoms with Gasteiger partial charge in [0.15, 0.2) is 0 Å². The number of nitrogens with two attached hydrogens (primary N) is 1. The van der Waals surface area contributed by atoms with Gasteiger partial charge >= 0.3 is 0 Å². The van der Waals surface area contributed by atoms with Crippen LogP contribution in [0.5, 0.6) is 0 Å². The number of likely N-dealkylation sites (N-methyl/N-ethyl adjacent to an activating group) is 1. The minimum absolute atomic E-state index is 0.122. The smallest absolute Gasteiger partial charge is 0.124 e. The predicted octanol–water partition coefficient (Wildman–Crippen LogP) is 2.88. The molecule has 1 aromatic carbocycles. The molecule has 0 aromatic heterocycles. The van der Waals surface area contributed by atoms with E-state index >= 15 is 0 Å². The molecule has 1 rings (SSSR count). The number of hydrogen-bond acceptors (Lipinski definition) is 3. The molecule has 0 aliphatic rings. The molecule has 1 atom stereocenters. The van der Waals surface area contributed by atoms with Crippen LogP contribution < -0.4 is 5.73 Å². The number of hydrogen-bond donors (Lipinski definition) is 1. The van der Waals surface area contributed by atoms with Gasteiger partial charge in [-0.2, -0.15) is 11.8 Å². The van der Waals surface area contributed by atoms with E-state index in [1.165, 1.54) is 12.1 Å². The van der Waals surface area contributed by atoms with Gasteiger partial charge < -0.3 is 5.73 Å². The molecule has 2 nitrogen and oxygen atoms in total. The molecule has 0 aliphatic heterocycles. The Morgan fingerprint density at radius 2 is 2.24 bits per heavy atom. The molecule has 5 heteroatoms. The van der Waals surface area contributed by atoms with E-state index in [-0.39, 0.29) is 11.9 Å². The Morgan fingerprint density at radius 1 is 1.53 bits per heavy atom. The fraction of sp³-hybridized carbons (Fsp3) is 0.500. The largest absolute Gasteiger partial charge is 0.329 e. The maximum absolute atomic E-state index is 13.0. The Balaban J connectivity index is 2.85. The normalized spacial score (nSPS) is 13.1. The summed E-state index contributed by atoms with van der Waals surface area (Å²) in [5, 5.41) is 0. The first-order valence-electron chi connectivity index (χ1n) is 5.44. The van der Waals surface area contributed by atoms with Crippen molar-refractivity contribution in [3.63, 3.8) is 0 Å². The van der Waals surface area contributed by atoms with Crippen LogP contribution in [0.25, 0.3) is 0 Å². The first-order valence-corrected chi connectivity index (χ1v) is 7.63. The van der Waals surface area contributed by atoms with E-state index in [2.05, 4.69) is 27.1 Å². The molecule has 96 valence electrons. The Morgan fingerprint density at radius 3 is 2.76 bits per heavy atom. The second-order valence-corrected chi connectivity index (χ2v) is 5.73. The van der Waals surface area contributed by atoms with Crippen LogP contribution in [-0.4, -0.2) is 37.0 Å². The SMILES string of the molecule is CSCCN(C)C(CN)c1ccc(F)cc1Br. The van der Waals surface area contributed by atoms with Crippen LogP contribution in [0.2, 0.25) is 0 Å². The summed E-state index contributed by atoms with van der Waals surface area (Å²) in [5.74, 6) is 0.828. The van der Waals surface area contributed by atoms with Gasteiger partial charge in [-0.3, -0.25) is 4.90 Å². The Kier molecular flexibility index (Phi) is 6.48. The van der Waals surface area contributed by atoms with Crippen molar-refractivity contribution in [3.8, 4) is 0 Å². The number of halogens is 2. The molecule has 0 spiro atoms. The average molecular weight is 321 g/mol. The summed E-state index contributed by atoms with van der Waals surface area (Å²) in [6.07, 6.45) is 2.08. The van der Waals surface area contributed by atoms with Crippen molar-refractivity contribution < 1.29 is 4.39 Å². The molecule has 0 aliphatic carbocycles. The lowest BCUT2D eigenvalue weighted by atomic mass is 10.1. The summed E-state index contributed by atoms with van der Waals surface area (Å²) in [6.45, 7) is 1.49. The number of benzene rings is 1. The van der Waals surface area contributed by atoms with Gasteiger partial charge in [-0.25, -0.2) is 4.39 Å². The van der Waals surface area contributed by atoms with Crippen LogP contribution in [-0.2, 0) is 0 Å². The third-order valence-corrected chi connectivity index (χ3v) is 4.00. The summed E-state index contributed by atoms with van der Waals surface area (Å²) in [4.78, 5) is 2.20. The van der Waals surface area contributed by atoms with Crippen LogP contribution in [0.1, 0.15) is 11.6 Å². The average Bonchev–Trinajstić information content (AvgIpc) is 2.30. The van der Waals surface area contributed by atoms with Gasteiger partial charge in [-0.1, -0.05) is 22.0 Å². The standard InChI is InChI=1S/C12H18BrFN2S/c1-16(5-6-17-2)12(8-15)10-4-3-9(14)7-11(10)13/h3-4,7,12H,5-6,8,15H2,1-2H3. The van der Waals surface area contributed by atoms with E-state index in [9.17, 15) is 4.39 Å². The predicted molar refractivity (Wildman–Crippen MR) is 76.9 cm³/mol. The van der Waals surface area contributed by atoms with Gasteiger partial charge in [0.2, 0.25) is 0 Å². The Bertz CT molecular complexity index is 362. The van der Waals surface area contributed by atoms with Crippen LogP contribution in [0.4, 0.5) is 4.39 Å². The molecule has 1 aromatic rings. The molecule has 0 saturated heterocycles. The maximum atomic E-state index is 13.0. The molecule has 0 fully saturated rings. The molecule has 0 radical (unpaired) electrons. The third kappa shape index (κ3) is 4.25. The third-order valence-electron chi connectivity index (χ3n) is 2.72. The maximum Gasteiger partial charge on any atom is 0.124 e. The lowest BCUT2D eigenvalue weighted by Gasteiger charge is -2.27. The fourth-order valence-electron chi connectivity index (χ4n) is 1.71. The van der Waals surface area contributed by atoms with E-state index in [1.54, 1.807) is 17.8 Å². The molecular weight excluding hydrogens is 303 g/mol. The molecule has 0 bridgehead atoms. The van der Waals surface area contributed by atoms with Crippen LogP contribution in [0.3, 0.4) is 0 Å². The lowest BCUT2D eigenvalue weighted by Crippen LogP contribution is -2.32. The molecule has 2 N–H and O–H groups in total. The summed E-state index contributed by atoms with van der Waals surface area (Å²) in [6, 6.07) is 4.88. The molecule has 17 heavy (non-hydrogen) atoms. The highest BCUT2D eigenvalue weighted by Crippen LogP contribution is 2.27. The second kappa shape index (κ2) is 7.36. The zero-order chi connectivity index (χ0) is 12.8. The van der Waals surface area contributed by atoms with Crippen molar-refractivity contribution in [3.05, 3.63) is 34.1 Å². The molecule has 0 amide bonds. The lowest BCUT2D eigenvalue weighted by molar-refractivity contribution is 0.265. The number of nitrogens with zero attached hydrogens (tertiary/aromatic N) is 1. The van der Waals surface area contributed by atoms with E-state index < -0.39 is 0 Å². The summed E-state index contributed by atoms with van der Waals surface area (Å²) in [7, 11) is 2.05. The van der Waals surface area contributed by atoms with Crippen molar-refractivity contribution in [2.75, 3.05) is 32.1 Å². The number of thioether (sulfide) groups is 1.